The number of hydrogen-bond acceptors (Lipinski definition) is 4. The normalized spacial score (nSPS) is 11.3. The Balaban J connectivity index is 2.20. The van der Waals surface area contributed by atoms with Crippen molar-refractivity contribution in [3.8, 4) is 0 Å². The summed E-state index contributed by atoms with van der Waals surface area (Å²) in [6.07, 6.45) is 2.24. The molecule has 0 bridgehead atoms. The predicted octanol–water partition coefficient (Wildman–Crippen LogP) is 1.94. The highest BCUT2D eigenvalue weighted by atomic mass is 32.2. The van der Waals surface area contributed by atoms with E-state index in [1.807, 2.05) is 19.1 Å². The van der Waals surface area contributed by atoms with Crippen LogP contribution in [0.5, 0.6) is 0 Å². The molecule has 20 heavy (non-hydrogen) atoms. The lowest BCUT2D eigenvalue weighted by molar-refractivity contribution is 0.281. The van der Waals surface area contributed by atoms with Crippen LogP contribution in [0.15, 0.2) is 47.6 Å². The fourth-order valence-corrected chi connectivity index (χ4v) is 2.67. The van der Waals surface area contributed by atoms with E-state index in [9.17, 15) is 8.42 Å². The van der Waals surface area contributed by atoms with Gasteiger partial charge in [-0.05, 0) is 35.7 Å². The van der Waals surface area contributed by atoms with Crippen molar-refractivity contribution in [2.75, 3.05) is 4.72 Å². The number of sulfonamides is 1. The van der Waals surface area contributed by atoms with Crippen LogP contribution in [0.2, 0.25) is 0 Å². The first-order chi connectivity index (χ1) is 9.55. The number of aliphatic hydroxyl groups is 1. The Morgan fingerprint density at radius 3 is 2.25 bits per heavy atom. The smallest absolute Gasteiger partial charge is 0.279 e. The van der Waals surface area contributed by atoms with Crippen molar-refractivity contribution in [2.45, 2.75) is 25.0 Å². The quantitative estimate of drug-likeness (QED) is 0.882. The fourth-order valence-electron chi connectivity index (χ4n) is 1.68. The van der Waals surface area contributed by atoms with Crippen LogP contribution in [0.1, 0.15) is 18.1 Å². The number of aryl methyl sites for hydroxylation is 1. The molecule has 0 atom stereocenters. The highest BCUT2D eigenvalue weighted by Gasteiger charge is 2.15. The highest BCUT2D eigenvalue weighted by molar-refractivity contribution is 7.92. The molecule has 1 aromatic heterocycles. The number of rotatable bonds is 5. The lowest BCUT2D eigenvalue weighted by Crippen LogP contribution is -2.14. The summed E-state index contributed by atoms with van der Waals surface area (Å²) in [6.45, 7) is 1.87. The van der Waals surface area contributed by atoms with Crippen molar-refractivity contribution in [2.24, 2.45) is 0 Å². The number of nitrogens with one attached hydrogen (secondary N) is 1. The van der Waals surface area contributed by atoms with Crippen LogP contribution < -0.4 is 4.72 Å². The molecule has 0 radical (unpaired) electrons. The summed E-state index contributed by atoms with van der Waals surface area (Å²) in [5, 5.41) is 8.84. The molecule has 0 aliphatic rings. The third-order valence-electron chi connectivity index (χ3n) is 2.87. The first kappa shape index (κ1) is 14.5. The summed E-state index contributed by atoms with van der Waals surface area (Å²) in [7, 11) is -3.70. The van der Waals surface area contributed by atoms with Gasteiger partial charge >= 0.3 is 0 Å². The molecule has 0 saturated carbocycles. The Bertz CT molecular complexity index is 665. The van der Waals surface area contributed by atoms with Crippen LogP contribution in [0.3, 0.4) is 0 Å². The van der Waals surface area contributed by atoms with E-state index in [-0.39, 0.29) is 11.6 Å². The van der Waals surface area contributed by atoms with E-state index < -0.39 is 10.0 Å². The monoisotopic (exact) mass is 292 g/mol. The Kier molecular flexibility index (Phi) is 4.36. The van der Waals surface area contributed by atoms with E-state index in [1.54, 1.807) is 12.1 Å². The Morgan fingerprint density at radius 1 is 1.10 bits per heavy atom. The minimum absolute atomic E-state index is 0.0748. The maximum atomic E-state index is 12.1. The molecule has 0 spiro atoms. The molecule has 0 aliphatic carbocycles. The maximum absolute atomic E-state index is 12.1. The minimum atomic E-state index is -3.70. The molecule has 0 unspecified atom stereocenters. The molecule has 0 aliphatic heterocycles. The van der Waals surface area contributed by atoms with Gasteiger partial charge in [0.15, 0.2) is 5.03 Å². The molecule has 0 saturated heterocycles. The van der Waals surface area contributed by atoms with Crippen molar-refractivity contribution in [1.82, 2.24) is 4.98 Å². The van der Waals surface area contributed by atoms with Gasteiger partial charge in [-0.15, -0.1) is 0 Å². The second-order valence-electron chi connectivity index (χ2n) is 4.32. The van der Waals surface area contributed by atoms with Crippen LogP contribution in [0, 0.1) is 0 Å². The molecule has 1 heterocycles. The first-order valence-electron chi connectivity index (χ1n) is 6.22. The number of pyridine rings is 1. The number of aliphatic hydroxyl groups excluding tert-OH is 1. The van der Waals surface area contributed by atoms with E-state index in [1.165, 1.54) is 18.3 Å². The molecule has 0 amide bonds. The minimum Gasteiger partial charge on any atom is -0.392 e. The zero-order chi connectivity index (χ0) is 14.6. The lowest BCUT2D eigenvalue weighted by Gasteiger charge is -2.08. The van der Waals surface area contributed by atoms with Gasteiger partial charge in [0.05, 0.1) is 6.61 Å². The van der Waals surface area contributed by atoms with E-state index in [0.29, 0.717) is 11.3 Å². The van der Waals surface area contributed by atoms with Crippen LogP contribution >= 0.6 is 0 Å². The van der Waals surface area contributed by atoms with Gasteiger partial charge < -0.3 is 5.11 Å². The summed E-state index contributed by atoms with van der Waals surface area (Å²) >= 11 is 0. The maximum Gasteiger partial charge on any atom is 0.279 e. The van der Waals surface area contributed by atoms with Crippen molar-refractivity contribution < 1.29 is 13.5 Å². The van der Waals surface area contributed by atoms with Crippen molar-refractivity contribution in [1.29, 1.82) is 0 Å². The van der Waals surface area contributed by atoms with Gasteiger partial charge in [-0.2, -0.15) is 8.42 Å². The SMILES string of the molecule is CCc1ccc(NS(=O)(=O)c2ccc(CO)cn2)cc1. The van der Waals surface area contributed by atoms with Gasteiger partial charge in [-0.1, -0.05) is 25.1 Å². The Hall–Kier alpha value is -1.92. The van der Waals surface area contributed by atoms with Gasteiger partial charge in [-0.25, -0.2) is 4.98 Å². The highest BCUT2D eigenvalue weighted by Crippen LogP contribution is 2.15. The molecular formula is C14H16N2O3S. The second kappa shape index (κ2) is 6.02. The molecule has 5 nitrogen and oxygen atoms in total. The molecule has 2 rings (SSSR count). The Morgan fingerprint density at radius 2 is 1.75 bits per heavy atom. The Labute approximate surface area is 118 Å². The summed E-state index contributed by atoms with van der Waals surface area (Å²) in [6, 6.07) is 10.1. The van der Waals surface area contributed by atoms with Gasteiger partial charge in [-0.3, -0.25) is 4.72 Å². The zero-order valence-corrected chi connectivity index (χ0v) is 11.9. The van der Waals surface area contributed by atoms with Crippen LogP contribution in [-0.2, 0) is 23.1 Å². The number of nitrogens with zero attached hydrogens (tertiary/aromatic N) is 1. The third kappa shape index (κ3) is 3.34. The van der Waals surface area contributed by atoms with Gasteiger partial charge in [0, 0.05) is 11.9 Å². The predicted molar refractivity (Wildman–Crippen MR) is 76.8 cm³/mol. The van der Waals surface area contributed by atoms with Crippen LogP contribution in [0.4, 0.5) is 5.69 Å². The topological polar surface area (TPSA) is 79.3 Å². The second-order valence-corrected chi connectivity index (χ2v) is 5.95. The molecule has 2 aromatic rings. The van der Waals surface area contributed by atoms with Crippen molar-refractivity contribution in [3.05, 3.63) is 53.7 Å². The summed E-state index contributed by atoms with van der Waals surface area (Å²) in [5.41, 5.74) is 2.20. The number of aromatic nitrogens is 1. The fraction of sp³-hybridized carbons (Fsp3) is 0.214. The van der Waals surface area contributed by atoms with E-state index in [0.717, 1.165) is 12.0 Å². The summed E-state index contributed by atoms with van der Waals surface area (Å²) < 4.78 is 26.7. The third-order valence-corrected chi connectivity index (χ3v) is 4.17. The number of anilines is 1. The molecular weight excluding hydrogens is 276 g/mol. The number of hydrogen-bond donors (Lipinski definition) is 2. The summed E-state index contributed by atoms with van der Waals surface area (Å²) in [5.74, 6) is 0. The molecule has 0 fully saturated rings. The van der Waals surface area contributed by atoms with E-state index in [4.69, 9.17) is 5.11 Å². The zero-order valence-electron chi connectivity index (χ0n) is 11.1. The summed E-state index contributed by atoms with van der Waals surface area (Å²) in [4.78, 5) is 3.84. The van der Waals surface area contributed by atoms with Crippen LogP contribution in [0.25, 0.3) is 0 Å². The van der Waals surface area contributed by atoms with Crippen LogP contribution in [-0.4, -0.2) is 18.5 Å². The molecule has 6 heteroatoms. The molecule has 2 N–H and O–H groups in total. The van der Waals surface area contributed by atoms with Gasteiger partial charge in [0.1, 0.15) is 0 Å². The van der Waals surface area contributed by atoms with Gasteiger partial charge in [0.2, 0.25) is 0 Å². The average Bonchev–Trinajstić information content (AvgIpc) is 2.48. The lowest BCUT2D eigenvalue weighted by atomic mass is 10.2. The van der Waals surface area contributed by atoms with Crippen molar-refractivity contribution in [3.63, 3.8) is 0 Å². The number of benzene rings is 1. The average molecular weight is 292 g/mol. The van der Waals surface area contributed by atoms with Crippen molar-refractivity contribution >= 4 is 15.7 Å². The first-order valence-corrected chi connectivity index (χ1v) is 7.71. The van der Waals surface area contributed by atoms with E-state index >= 15 is 0 Å². The largest absolute Gasteiger partial charge is 0.392 e. The van der Waals surface area contributed by atoms with E-state index in [2.05, 4.69) is 9.71 Å². The molecule has 106 valence electrons. The van der Waals surface area contributed by atoms with Gasteiger partial charge in [0.25, 0.3) is 10.0 Å². The molecule has 1 aromatic carbocycles. The standard InChI is InChI=1S/C14H16N2O3S/c1-2-11-3-6-13(7-4-11)16-20(18,19)14-8-5-12(10-17)9-15-14/h3-9,16-17H,2,10H2,1H3.